The van der Waals surface area contributed by atoms with Gasteiger partial charge >= 0.3 is 0 Å². The van der Waals surface area contributed by atoms with Crippen LogP contribution in [0.15, 0.2) is 30.2 Å². The molecule has 1 rings (SSSR count). The Morgan fingerprint density at radius 3 is 3.00 bits per heavy atom. The van der Waals surface area contributed by atoms with E-state index >= 15 is 0 Å². The molecule has 0 bridgehead atoms. The van der Waals surface area contributed by atoms with Gasteiger partial charge in [-0.3, -0.25) is 4.79 Å². The van der Waals surface area contributed by atoms with Gasteiger partial charge in [0.1, 0.15) is 0 Å². The van der Waals surface area contributed by atoms with Gasteiger partial charge in [0.25, 0.3) is 0 Å². The van der Waals surface area contributed by atoms with Crippen molar-refractivity contribution in [2.45, 2.75) is 32.4 Å². The summed E-state index contributed by atoms with van der Waals surface area (Å²) in [7, 11) is 0. The van der Waals surface area contributed by atoms with Crippen LogP contribution in [0, 0.1) is 0 Å². The fourth-order valence-corrected chi connectivity index (χ4v) is 2.23. The average molecular weight is 252 g/mol. The summed E-state index contributed by atoms with van der Waals surface area (Å²) in [6.45, 7) is 6.87. The second kappa shape index (κ2) is 7.25. The number of hydrogen-bond donors (Lipinski definition) is 1. The van der Waals surface area contributed by atoms with Crippen molar-refractivity contribution in [3.8, 4) is 0 Å². The normalized spacial score (nSPS) is 12.1. The van der Waals surface area contributed by atoms with E-state index in [9.17, 15) is 4.79 Å². The van der Waals surface area contributed by atoms with Gasteiger partial charge in [-0.1, -0.05) is 12.1 Å². The number of nitrogens with zero attached hydrogens (tertiary/aromatic N) is 1. The first-order chi connectivity index (χ1) is 8.13. The minimum absolute atomic E-state index is 0.0752. The van der Waals surface area contributed by atoms with E-state index in [-0.39, 0.29) is 11.9 Å². The number of rotatable bonds is 7. The molecule has 94 valence electrons. The van der Waals surface area contributed by atoms with E-state index in [0.717, 1.165) is 6.42 Å². The summed E-state index contributed by atoms with van der Waals surface area (Å²) in [5.41, 5.74) is 5.66. The number of carbonyl (C=O) groups is 1. The molecule has 17 heavy (non-hydrogen) atoms. The standard InChI is InChI=1S/C13H20N2OS/c1-3-8-15(10-12-5-4-9-17-12)13(16)7-6-11(2)14/h3-5,9,11H,1,6-8,10,14H2,2H3. The predicted molar refractivity (Wildman–Crippen MR) is 72.8 cm³/mol. The highest BCUT2D eigenvalue weighted by Crippen LogP contribution is 2.13. The quantitative estimate of drug-likeness (QED) is 0.757. The van der Waals surface area contributed by atoms with Gasteiger partial charge < -0.3 is 10.6 Å². The lowest BCUT2D eigenvalue weighted by molar-refractivity contribution is -0.131. The van der Waals surface area contributed by atoms with Gasteiger partial charge in [-0.25, -0.2) is 0 Å². The summed E-state index contributed by atoms with van der Waals surface area (Å²) in [6, 6.07) is 4.12. The van der Waals surface area contributed by atoms with E-state index in [1.165, 1.54) is 4.88 Å². The zero-order chi connectivity index (χ0) is 12.7. The van der Waals surface area contributed by atoms with Crippen LogP contribution >= 0.6 is 11.3 Å². The molecule has 4 heteroatoms. The SMILES string of the molecule is C=CCN(Cc1cccs1)C(=O)CCC(C)N. The van der Waals surface area contributed by atoms with Gasteiger partial charge in [-0.2, -0.15) is 0 Å². The topological polar surface area (TPSA) is 46.3 Å². The number of hydrogen-bond acceptors (Lipinski definition) is 3. The molecule has 0 aliphatic heterocycles. The monoisotopic (exact) mass is 252 g/mol. The Hall–Kier alpha value is -1.13. The second-order valence-corrected chi connectivity index (χ2v) is 5.19. The van der Waals surface area contributed by atoms with Crippen molar-refractivity contribution in [1.29, 1.82) is 0 Å². The first-order valence-electron chi connectivity index (χ1n) is 5.80. The van der Waals surface area contributed by atoms with Crippen LogP contribution in [0.3, 0.4) is 0 Å². The highest BCUT2D eigenvalue weighted by molar-refractivity contribution is 7.09. The zero-order valence-electron chi connectivity index (χ0n) is 10.3. The molecule has 0 aliphatic rings. The summed E-state index contributed by atoms with van der Waals surface area (Å²) in [4.78, 5) is 15.0. The molecular weight excluding hydrogens is 232 g/mol. The van der Waals surface area contributed by atoms with E-state index in [2.05, 4.69) is 6.58 Å². The largest absolute Gasteiger partial charge is 0.334 e. The Bertz CT molecular complexity index is 346. The highest BCUT2D eigenvalue weighted by Gasteiger charge is 2.13. The Labute approximate surface area is 107 Å². The van der Waals surface area contributed by atoms with Crippen molar-refractivity contribution in [3.05, 3.63) is 35.0 Å². The Kier molecular flexibility index (Phi) is 5.94. The molecule has 1 atom stereocenters. The zero-order valence-corrected chi connectivity index (χ0v) is 11.1. The van der Waals surface area contributed by atoms with Crippen LogP contribution in [0.5, 0.6) is 0 Å². The van der Waals surface area contributed by atoms with E-state index in [1.807, 2.05) is 29.3 Å². The molecule has 1 aromatic rings. The van der Waals surface area contributed by atoms with Crippen molar-refractivity contribution in [3.63, 3.8) is 0 Å². The van der Waals surface area contributed by atoms with Gasteiger partial charge in [0.15, 0.2) is 0 Å². The molecule has 0 spiro atoms. The van der Waals surface area contributed by atoms with Crippen LogP contribution < -0.4 is 5.73 Å². The molecule has 2 N–H and O–H groups in total. The molecule has 3 nitrogen and oxygen atoms in total. The third-order valence-electron chi connectivity index (χ3n) is 2.44. The lowest BCUT2D eigenvalue weighted by atomic mass is 10.2. The number of amides is 1. The maximum absolute atomic E-state index is 12.0. The van der Waals surface area contributed by atoms with Gasteiger partial charge in [-0.05, 0) is 24.8 Å². The van der Waals surface area contributed by atoms with Gasteiger partial charge in [0, 0.05) is 23.9 Å². The molecule has 0 saturated carbocycles. The molecule has 1 aromatic heterocycles. The first kappa shape index (κ1) is 13.9. The van der Waals surface area contributed by atoms with Crippen molar-refractivity contribution in [2.75, 3.05) is 6.54 Å². The van der Waals surface area contributed by atoms with Crippen molar-refractivity contribution >= 4 is 17.2 Å². The molecule has 0 aromatic carbocycles. The Morgan fingerprint density at radius 2 is 2.47 bits per heavy atom. The van der Waals surface area contributed by atoms with Crippen LogP contribution in [0.4, 0.5) is 0 Å². The van der Waals surface area contributed by atoms with Gasteiger partial charge in [-0.15, -0.1) is 17.9 Å². The maximum atomic E-state index is 12.0. The number of nitrogens with two attached hydrogens (primary N) is 1. The first-order valence-corrected chi connectivity index (χ1v) is 6.68. The molecule has 0 saturated heterocycles. The summed E-state index contributed by atoms with van der Waals surface area (Å²) in [5.74, 6) is 0.149. The Morgan fingerprint density at radius 1 is 1.71 bits per heavy atom. The minimum atomic E-state index is 0.0752. The van der Waals surface area contributed by atoms with Crippen molar-refractivity contribution in [2.24, 2.45) is 5.73 Å². The molecule has 0 radical (unpaired) electrons. The molecule has 1 unspecified atom stereocenters. The third-order valence-corrected chi connectivity index (χ3v) is 3.30. The summed E-state index contributed by atoms with van der Waals surface area (Å²) in [6.07, 6.45) is 3.01. The summed E-state index contributed by atoms with van der Waals surface area (Å²) < 4.78 is 0. The van der Waals surface area contributed by atoms with Gasteiger partial charge in [0.05, 0.1) is 6.54 Å². The van der Waals surface area contributed by atoms with Crippen LogP contribution in [0.1, 0.15) is 24.6 Å². The van der Waals surface area contributed by atoms with E-state index in [0.29, 0.717) is 19.5 Å². The maximum Gasteiger partial charge on any atom is 0.223 e. The van der Waals surface area contributed by atoms with Gasteiger partial charge in [0.2, 0.25) is 5.91 Å². The molecular formula is C13H20N2OS. The Balaban J connectivity index is 2.52. The molecule has 0 aliphatic carbocycles. The third kappa shape index (κ3) is 5.15. The van der Waals surface area contributed by atoms with Crippen molar-refractivity contribution < 1.29 is 4.79 Å². The van der Waals surface area contributed by atoms with E-state index in [1.54, 1.807) is 17.4 Å². The second-order valence-electron chi connectivity index (χ2n) is 4.16. The van der Waals surface area contributed by atoms with Crippen LogP contribution in [-0.2, 0) is 11.3 Å². The predicted octanol–water partition coefficient (Wildman–Crippen LogP) is 2.39. The van der Waals surface area contributed by atoms with Crippen LogP contribution in [0.25, 0.3) is 0 Å². The van der Waals surface area contributed by atoms with Crippen molar-refractivity contribution in [1.82, 2.24) is 4.90 Å². The fraction of sp³-hybridized carbons (Fsp3) is 0.462. The summed E-state index contributed by atoms with van der Waals surface area (Å²) >= 11 is 1.67. The van der Waals surface area contributed by atoms with Crippen LogP contribution in [-0.4, -0.2) is 23.4 Å². The average Bonchev–Trinajstić information content (AvgIpc) is 2.78. The van der Waals surface area contributed by atoms with Crippen LogP contribution in [0.2, 0.25) is 0 Å². The highest BCUT2D eigenvalue weighted by atomic mass is 32.1. The number of thiophene rings is 1. The molecule has 1 amide bonds. The van der Waals surface area contributed by atoms with E-state index in [4.69, 9.17) is 5.73 Å². The van der Waals surface area contributed by atoms with E-state index < -0.39 is 0 Å². The smallest absolute Gasteiger partial charge is 0.223 e. The fourth-order valence-electron chi connectivity index (χ4n) is 1.51. The molecule has 0 fully saturated rings. The lowest BCUT2D eigenvalue weighted by Gasteiger charge is -2.20. The number of carbonyl (C=O) groups excluding carboxylic acids is 1. The minimum Gasteiger partial charge on any atom is -0.334 e. The molecule has 1 heterocycles. The lowest BCUT2D eigenvalue weighted by Crippen LogP contribution is -2.31. The summed E-state index contributed by atoms with van der Waals surface area (Å²) in [5, 5.41) is 2.02.